The van der Waals surface area contributed by atoms with Gasteiger partial charge in [-0.25, -0.2) is 0 Å². The van der Waals surface area contributed by atoms with Crippen molar-refractivity contribution in [3.05, 3.63) is 24.3 Å². The molecule has 0 aliphatic carbocycles. The number of fused-ring (bicyclic) bond motifs is 2. The molecule has 0 spiro atoms. The molecule has 16 heavy (non-hydrogen) atoms. The first-order chi connectivity index (χ1) is 7.36. The van der Waals surface area contributed by atoms with Gasteiger partial charge in [0.25, 0.3) is 0 Å². The second kappa shape index (κ2) is 4.52. The van der Waals surface area contributed by atoms with Gasteiger partial charge >= 0.3 is 0 Å². The maximum atomic E-state index is 5.16. The quantitative estimate of drug-likeness (QED) is 0.851. The highest BCUT2D eigenvalue weighted by Gasteiger charge is 2.37. The summed E-state index contributed by atoms with van der Waals surface area (Å²) in [5, 5.41) is 3.51. The normalized spacial score (nSPS) is 26.7. The third-order valence-electron chi connectivity index (χ3n) is 3.46. The molecule has 2 saturated heterocycles. The summed E-state index contributed by atoms with van der Waals surface area (Å²) < 4.78 is 5.16. The second-order valence-electron chi connectivity index (χ2n) is 4.35. The van der Waals surface area contributed by atoms with E-state index in [1.54, 1.807) is 7.11 Å². The molecule has 2 aliphatic rings. The van der Waals surface area contributed by atoms with Gasteiger partial charge in [-0.1, -0.05) is 0 Å². The molecule has 4 heteroatoms. The van der Waals surface area contributed by atoms with Gasteiger partial charge in [-0.2, -0.15) is 0 Å². The first kappa shape index (κ1) is 11.6. The van der Waals surface area contributed by atoms with Gasteiger partial charge in [0.15, 0.2) is 0 Å². The molecule has 1 aromatic rings. The Kier molecular flexibility index (Phi) is 3.26. The van der Waals surface area contributed by atoms with Gasteiger partial charge in [0.05, 0.1) is 7.11 Å². The maximum Gasteiger partial charge on any atom is 0.119 e. The van der Waals surface area contributed by atoms with E-state index in [-0.39, 0.29) is 12.4 Å². The Hall–Kier alpha value is -0.930. The molecule has 1 aromatic carbocycles. The van der Waals surface area contributed by atoms with Crippen LogP contribution in [0.2, 0.25) is 0 Å². The highest BCUT2D eigenvalue weighted by molar-refractivity contribution is 5.85. The van der Waals surface area contributed by atoms with E-state index >= 15 is 0 Å². The Morgan fingerprint density at radius 2 is 2.06 bits per heavy atom. The van der Waals surface area contributed by atoms with Gasteiger partial charge in [0.2, 0.25) is 0 Å². The minimum Gasteiger partial charge on any atom is -0.497 e. The van der Waals surface area contributed by atoms with E-state index in [1.165, 1.54) is 12.1 Å². The molecule has 2 heterocycles. The predicted molar refractivity (Wildman–Crippen MR) is 67.8 cm³/mol. The summed E-state index contributed by atoms with van der Waals surface area (Å²) in [5.41, 5.74) is 1.32. The molecule has 2 bridgehead atoms. The van der Waals surface area contributed by atoms with Gasteiger partial charge in [0, 0.05) is 30.9 Å². The number of rotatable bonds is 2. The summed E-state index contributed by atoms with van der Waals surface area (Å²) in [6, 6.07) is 9.78. The van der Waals surface area contributed by atoms with Crippen LogP contribution in [-0.4, -0.2) is 32.3 Å². The van der Waals surface area contributed by atoms with E-state index in [2.05, 4.69) is 22.3 Å². The summed E-state index contributed by atoms with van der Waals surface area (Å²) in [6.07, 6.45) is 1.30. The highest BCUT2D eigenvalue weighted by Crippen LogP contribution is 2.30. The molecular formula is C12H17ClN2O. The van der Waals surface area contributed by atoms with E-state index in [4.69, 9.17) is 4.74 Å². The van der Waals surface area contributed by atoms with Crippen LogP contribution >= 0.6 is 12.4 Å². The van der Waals surface area contributed by atoms with E-state index in [0.29, 0.717) is 12.1 Å². The van der Waals surface area contributed by atoms with Crippen molar-refractivity contribution in [2.75, 3.05) is 25.1 Å². The van der Waals surface area contributed by atoms with Gasteiger partial charge < -0.3 is 15.0 Å². The van der Waals surface area contributed by atoms with E-state index < -0.39 is 0 Å². The summed E-state index contributed by atoms with van der Waals surface area (Å²) in [5.74, 6) is 0.932. The maximum absolute atomic E-state index is 5.16. The van der Waals surface area contributed by atoms with E-state index in [1.807, 2.05) is 12.1 Å². The minimum atomic E-state index is 0. The van der Waals surface area contributed by atoms with Crippen molar-refractivity contribution in [3.63, 3.8) is 0 Å². The fraction of sp³-hybridized carbons (Fsp3) is 0.500. The number of methoxy groups -OCH3 is 1. The highest BCUT2D eigenvalue weighted by atomic mass is 35.5. The van der Waals surface area contributed by atoms with Crippen LogP contribution < -0.4 is 15.0 Å². The van der Waals surface area contributed by atoms with Crippen molar-refractivity contribution >= 4 is 18.1 Å². The van der Waals surface area contributed by atoms with Crippen LogP contribution in [0.25, 0.3) is 0 Å². The monoisotopic (exact) mass is 240 g/mol. The molecule has 0 unspecified atom stereocenters. The zero-order chi connectivity index (χ0) is 10.3. The number of halogens is 1. The first-order valence-corrected chi connectivity index (χ1v) is 5.51. The Bertz CT molecular complexity index is 355. The molecule has 88 valence electrons. The molecule has 1 N–H and O–H groups in total. The molecule has 3 rings (SSSR count). The summed E-state index contributed by atoms with van der Waals surface area (Å²) in [6.45, 7) is 2.29. The third kappa shape index (κ3) is 1.85. The molecule has 2 fully saturated rings. The van der Waals surface area contributed by atoms with Crippen LogP contribution in [0.5, 0.6) is 5.75 Å². The van der Waals surface area contributed by atoms with Crippen molar-refractivity contribution < 1.29 is 4.74 Å². The van der Waals surface area contributed by atoms with Gasteiger partial charge in [-0.3, -0.25) is 0 Å². The lowest BCUT2D eigenvalue weighted by atomic mass is 10.2. The Labute approximate surface area is 102 Å². The predicted octanol–water partition coefficient (Wildman–Crippen LogP) is 1.67. The summed E-state index contributed by atoms with van der Waals surface area (Å²) in [7, 11) is 1.71. The van der Waals surface area contributed by atoms with Gasteiger partial charge in [-0.05, 0) is 30.7 Å². The van der Waals surface area contributed by atoms with Gasteiger partial charge in [-0.15, -0.1) is 12.4 Å². The average Bonchev–Trinajstić information content (AvgIpc) is 2.91. The number of hydrogen-bond acceptors (Lipinski definition) is 3. The van der Waals surface area contributed by atoms with Crippen LogP contribution in [0.4, 0.5) is 5.69 Å². The number of nitrogens with zero attached hydrogens (tertiary/aromatic N) is 1. The average molecular weight is 241 g/mol. The minimum absolute atomic E-state index is 0. The van der Waals surface area contributed by atoms with Gasteiger partial charge in [0.1, 0.15) is 5.75 Å². The van der Waals surface area contributed by atoms with E-state index in [0.717, 1.165) is 18.8 Å². The van der Waals surface area contributed by atoms with Crippen molar-refractivity contribution in [2.45, 2.75) is 18.5 Å². The molecule has 0 radical (unpaired) electrons. The second-order valence-corrected chi connectivity index (χ2v) is 4.35. The van der Waals surface area contributed by atoms with Crippen LogP contribution in [0.15, 0.2) is 24.3 Å². The van der Waals surface area contributed by atoms with Crippen LogP contribution in [0.3, 0.4) is 0 Å². The Morgan fingerprint density at radius 1 is 1.31 bits per heavy atom. The smallest absolute Gasteiger partial charge is 0.119 e. The number of ether oxygens (including phenoxy) is 1. The number of nitrogens with one attached hydrogen (secondary N) is 1. The van der Waals surface area contributed by atoms with Crippen molar-refractivity contribution in [2.24, 2.45) is 0 Å². The topological polar surface area (TPSA) is 24.5 Å². The largest absolute Gasteiger partial charge is 0.497 e. The lowest BCUT2D eigenvalue weighted by molar-refractivity contribution is 0.414. The third-order valence-corrected chi connectivity index (χ3v) is 3.46. The zero-order valence-electron chi connectivity index (χ0n) is 9.35. The lowest BCUT2D eigenvalue weighted by Gasteiger charge is -2.29. The molecule has 2 aliphatic heterocycles. The first-order valence-electron chi connectivity index (χ1n) is 5.51. The summed E-state index contributed by atoms with van der Waals surface area (Å²) >= 11 is 0. The number of hydrogen-bond donors (Lipinski definition) is 1. The Balaban J connectivity index is 0.000000963. The van der Waals surface area contributed by atoms with Crippen LogP contribution in [0, 0.1) is 0 Å². The van der Waals surface area contributed by atoms with E-state index in [9.17, 15) is 0 Å². The fourth-order valence-corrected chi connectivity index (χ4v) is 2.65. The Morgan fingerprint density at radius 3 is 2.56 bits per heavy atom. The summed E-state index contributed by atoms with van der Waals surface area (Å²) in [4.78, 5) is 2.50. The number of piperazine rings is 1. The van der Waals surface area contributed by atoms with Crippen molar-refractivity contribution in [1.82, 2.24) is 5.32 Å². The standard InChI is InChI=1S/C12H16N2O.ClH/c1-15-12-4-2-10(3-5-12)14-8-9-6-11(14)7-13-9;/h2-5,9,11,13H,6-8H2,1H3;1H/t9-,11-;/m0./s1. The van der Waals surface area contributed by atoms with Crippen molar-refractivity contribution in [3.8, 4) is 5.75 Å². The molecule has 0 saturated carbocycles. The molecule has 3 nitrogen and oxygen atoms in total. The molecule has 0 aromatic heterocycles. The lowest BCUT2D eigenvalue weighted by Crippen LogP contribution is -2.43. The van der Waals surface area contributed by atoms with Crippen LogP contribution in [0.1, 0.15) is 6.42 Å². The van der Waals surface area contributed by atoms with Crippen LogP contribution in [-0.2, 0) is 0 Å². The molecule has 0 amide bonds. The fourth-order valence-electron chi connectivity index (χ4n) is 2.65. The SMILES string of the molecule is COc1ccc(N2C[C@@H]3C[C@H]2CN3)cc1.Cl. The number of benzene rings is 1. The zero-order valence-corrected chi connectivity index (χ0v) is 10.2. The molecular weight excluding hydrogens is 224 g/mol. The van der Waals surface area contributed by atoms with Crippen molar-refractivity contribution in [1.29, 1.82) is 0 Å². The number of anilines is 1. The molecule has 2 atom stereocenters.